The number of halogens is 1. The maximum absolute atomic E-state index is 14.1. The predicted molar refractivity (Wildman–Crippen MR) is 77.4 cm³/mol. The average Bonchev–Trinajstić information content (AvgIpc) is 2.45. The number of carbonyl (C=O) groups is 1. The molecular weight excluding hydrogens is 271 g/mol. The van der Waals surface area contributed by atoms with Crippen molar-refractivity contribution in [3.05, 3.63) is 65.2 Å². The van der Waals surface area contributed by atoms with Crippen LogP contribution in [-0.2, 0) is 16.6 Å². The molecule has 0 amide bonds. The maximum atomic E-state index is 14.1. The lowest BCUT2D eigenvalue weighted by atomic mass is 9.75. The van der Waals surface area contributed by atoms with Crippen LogP contribution in [0.1, 0.15) is 16.7 Å². The third-order valence-electron chi connectivity index (χ3n) is 3.58. The van der Waals surface area contributed by atoms with E-state index in [1.807, 2.05) is 13.0 Å². The van der Waals surface area contributed by atoms with Gasteiger partial charge in [-0.15, -0.1) is 0 Å². The van der Waals surface area contributed by atoms with Gasteiger partial charge in [0, 0.05) is 24.5 Å². The molecule has 2 rings (SSSR count). The predicted octanol–water partition coefficient (Wildman–Crippen LogP) is 2.05. The number of carboxylic acids is 1. The van der Waals surface area contributed by atoms with E-state index in [0.717, 1.165) is 5.56 Å². The Balaban J connectivity index is 2.53. The van der Waals surface area contributed by atoms with Gasteiger partial charge >= 0.3 is 5.97 Å². The van der Waals surface area contributed by atoms with Gasteiger partial charge in [-0.1, -0.05) is 24.3 Å². The number of rotatable bonds is 5. The van der Waals surface area contributed by atoms with Crippen LogP contribution in [0.3, 0.4) is 0 Å². The van der Waals surface area contributed by atoms with Crippen LogP contribution in [0.15, 0.2) is 42.7 Å². The molecule has 110 valence electrons. The van der Waals surface area contributed by atoms with Crippen LogP contribution in [0.2, 0.25) is 0 Å². The highest BCUT2D eigenvalue weighted by molar-refractivity contribution is 5.82. The van der Waals surface area contributed by atoms with Gasteiger partial charge in [-0.25, -0.2) is 4.39 Å². The fourth-order valence-electron chi connectivity index (χ4n) is 2.47. The summed E-state index contributed by atoms with van der Waals surface area (Å²) < 4.78 is 14.1. The molecule has 0 saturated carbocycles. The number of aryl methyl sites for hydroxylation is 1. The summed E-state index contributed by atoms with van der Waals surface area (Å²) in [5.41, 5.74) is 5.96. The van der Waals surface area contributed by atoms with Gasteiger partial charge in [0.1, 0.15) is 11.2 Å². The lowest BCUT2D eigenvalue weighted by Crippen LogP contribution is -2.45. The smallest absolute Gasteiger partial charge is 0.315 e. The number of pyridine rings is 1. The van der Waals surface area contributed by atoms with E-state index in [-0.39, 0.29) is 18.5 Å². The molecule has 1 heterocycles. The molecular formula is C16H17FN2O2. The van der Waals surface area contributed by atoms with Gasteiger partial charge in [0.05, 0.1) is 0 Å². The second kappa shape index (κ2) is 6.01. The second-order valence-electron chi connectivity index (χ2n) is 5.12. The van der Waals surface area contributed by atoms with Gasteiger partial charge in [-0.3, -0.25) is 9.78 Å². The Hall–Kier alpha value is -2.27. The molecule has 0 aliphatic rings. The van der Waals surface area contributed by atoms with E-state index in [1.165, 1.54) is 18.2 Å². The van der Waals surface area contributed by atoms with Gasteiger partial charge < -0.3 is 10.8 Å². The van der Waals surface area contributed by atoms with Crippen molar-refractivity contribution in [3.63, 3.8) is 0 Å². The van der Waals surface area contributed by atoms with Crippen LogP contribution in [-0.4, -0.2) is 22.6 Å². The Labute approximate surface area is 122 Å². The number of aliphatic carboxylic acids is 1. The summed E-state index contributed by atoms with van der Waals surface area (Å²) in [4.78, 5) is 15.9. The first kappa shape index (κ1) is 15.1. The molecule has 0 fully saturated rings. The molecule has 3 N–H and O–H groups in total. The van der Waals surface area contributed by atoms with E-state index in [2.05, 4.69) is 4.98 Å². The number of carboxylic acid groups (broad SMARTS) is 1. The fraction of sp³-hybridized carbons (Fsp3) is 0.250. The highest BCUT2D eigenvalue weighted by atomic mass is 19.1. The van der Waals surface area contributed by atoms with Crippen LogP contribution in [0.25, 0.3) is 0 Å². The van der Waals surface area contributed by atoms with E-state index < -0.39 is 17.2 Å². The summed E-state index contributed by atoms with van der Waals surface area (Å²) in [5.74, 6) is -1.71. The quantitative estimate of drug-likeness (QED) is 0.883. The molecule has 0 saturated heterocycles. The van der Waals surface area contributed by atoms with E-state index in [0.29, 0.717) is 5.56 Å². The molecule has 4 nitrogen and oxygen atoms in total. The van der Waals surface area contributed by atoms with Crippen molar-refractivity contribution < 1.29 is 14.3 Å². The van der Waals surface area contributed by atoms with Crippen LogP contribution in [0.4, 0.5) is 4.39 Å². The van der Waals surface area contributed by atoms with Crippen LogP contribution < -0.4 is 5.73 Å². The number of aromatic nitrogens is 1. The topological polar surface area (TPSA) is 76.2 Å². The Morgan fingerprint density at radius 2 is 2.10 bits per heavy atom. The minimum absolute atomic E-state index is 0.0917. The van der Waals surface area contributed by atoms with Crippen molar-refractivity contribution in [1.82, 2.24) is 4.98 Å². The molecule has 0 aliphatic heterocycles. The Morgan fingerprint density at radius 3 is 2.67 bits per heavy atom. The highest BCUT2D eigenvalue weighted by Crippen LogP contribution is 2.30. The molecule has 1 unspecified atom stereocenters. The summed E-state index contributed by atoms with van der Waals surface area (Å²) >= 11 is 0. The molecule has 1 aromatic carbocycles. The number of nitrogens with two attached hydrogens (primary N) is 1. The minimum Gasteiger partial charge on any atom is -0.481 e. The molecule has 21 heavy (non-hydrogen) atoms. The first-order valence-electron chi connectivity index (χ1n) is 6.58. The molecule has 0 radical (unpaired) electrons. The van der Waals surface area contributed by atoms with Gasteiger partial charge in [0.15, 0.2) is 0 Å². The first-order valence-corrected chi connectivity index (χ1v) is 6.58. The van der Waals surface area contributed by atoms with Crippen LogP contribution >= 0.6 is 0 Å². The number of benzene rings is 1. The molecule has 1 atom stereocenters. The summed E-state index contributed by atoms with van der Waals surface area (Å²) in [6.07, 6.45) is 3.35. The summed E-state index contributed by atoms with van der Waals surface area (Å²) in [7, 11) is 0. The van der Waals surface area contributed by atoms with Crippen LogP contribution in [0.5, 0.6) is 0 Å². The average molecular weight is 288 g/mol. The minimum atomic E-state index is -1.50. The molecule has 1 aromatic heterocycles. The standard InChI is InChI=1S/C16H17FN2O2/c1-11-6-12(9-19-8-11)7-16(10-18,15(20)21)13-4-2-3-5-14(13)17/h2-6,8-9H,7,10,18H2,1H3,(H,20,21). The maximum Gasteiger partial charge on any atom is 0.315 e. The zero-order chi connectivity index (χ0) is 15.5. The zero-order valence-corrected chi connectivity index (χ0v) is 11.7. The van der Waals surface area contributed by atoms with Crippen molar-refractivity contribution in [3.8, 4) is 0 Å². The van der Waals surface area contributed by atoms with E-state index in [4.69, 9.17) is 5.73 Å². The lowest BCUT2D eigenvalue weighted by molar-refractivity contribution is -0.143. The Kier molecular flexibility index (Phi) is 4.33. The zero-order valence-electron chi connectivity index (χ0n) is 11.7. The lowest BCUT2D eigenvalue weighted by Gasteiger charge is -2.29. The monoisotopic (exact) mass is 288 g/mol. The molecule has 0 aliphatic carbocycles. The molecule has 2 aromatic rings. The van der Waals surface area contributed by atoms with Crippen molar-refractivity contribution >= 4 is 5.97 Å². The normalized spacial score (nSPS) is 13.7. The summed E-state index contributed by atoms with van der Waals surface area (Å²) in [6.45, 7) is 1.67. The Morgan fingerprint density at radius 1 is 1.38 bits per heavy atom. The molecule has 0 bridgehead atoms. The summed E-state index contributed by atoms with van der Waals surface area (Å²) in [6, 6.07) is 7.69. The SMILES string of the molecule is Cc1cncc(CC(CN)(C(=O)O)c2ccccc2F)c1. The third-order valence-corrected chi connectivity index (χ3v) is 3.58. The third kappa shape index (κ3) is 2.92. The number of hydrogen-bond donors (Lipinski definition) is 2. The fourth-order valence-corrected chi connectivity index (χ4v) is 2.47. The number of hydrogen-bond acceptors (Lipinski definition) is 3. The van der Waals surface area contributed by atoms with Gasteiger partial charge in [0.2, 0.25) is 0 Å². The summed E-state index contributed by atoms with van der Waals surface area (Å²) in [5, 5.41) is 9.67. The van der Waals surface area contributed by atoms with E-state index in [1.54, 1.807) is 18.5 Å². The van der Waals surface area contributed by atoms with Gasteiger partial charge in [-0.2, -0.15) is 0 Å². The Bertz CT molecular complexity index is 660. The largest absolute Gasteiger partial charge is 0.481 e. The highest BCUT2D eigenvalue weighted by Gasteiger charge is 2.41. The van der Waals surface area contributed by atoms with Crippen molar-refractivity contribution in [2.45, 2.75) is 18.8 Å². The van der Waals surface area contributed by atoms with E-state index >= 15 is 0 Å². The number of nitrogens with zero attached hydrogens (tertiary/aromatic N) is 1. The van der Waals surface area contributed by atoms with E-state index in [9.17, 15) is 14.3 Å². The molecule has 5 heteroatoms. The van der Waals surface area contributed by atoms with Crippen molar-refractivity contribution in [2.24, 2.45) is 5.73 Å². The first-order chi connectivity index (χ1) is 9.99. The van der Waals surface area contributed by atoms with Crippen molar-refractivity contribution in [2.75, 3.05) is 6.54 Å². The van der Waals surface area contributed by atoms with Gasteiger partial charge in [-0.05, 0) is 30.5 Å². The van der Waals surface area contributed by atoms with Crippen LogP contribution in [0, 0.1) is 12.7 Å². The second-order valence-corrected chi connectivity index (χ2v) is 5.12. The van der Waals surface area contributed by atoms with Gasteiger partial charge in [0.25, 0.3) is 0 Å². The van der Waals surface area contributed by atoms with Crippen molar-refractivity contribution in [1.29, 1.82) is 0 Å². The molecule has 0 spiro atoms.